The molecule has 2 aromatic rings. The van der Waals surface area contributed by atoms with Crippen LogP contribution in [0.25, 0.3) is 0 Å². The summed E-state index contributed by atoms with van der Waals surface area (Å²) < 4.78 is 26.6. The SMILES string of the molecule is CCCNCc1sc(Cc2ccc(F)cc2F)nc1CC. The van der Waals surface area contributed by atoms with Crippen molar-refractivity contribution in [1.82, 2.24) is 10.3 Å². The van der Waals surface area contributed by atoms with Crippen LogP contribution in [-0.4, -0.2) is 11.5 Å². The summed E-state index contributed by atoms with van der Waals surface area (Å²) in [5.74, 6) is -1.05. The van der Waals surface area contributed by atoms with E-state index in [2.05, 4.69) is 24.1 Å². The molecule has 1 aromatic heterocycles. The fraction of sp³-hybridized carbons (Fsp3) is 0.438. The molecule has 21 heavy (non-hydrogen) atoms. The molecule has 114 valence electrons. The highest BCUT2D eigenvalue weighted by atomic mass is 32.1. The van der Waals surface area contributed by atoms with Crippen LogP contribution < -0.4 is 5.32 Å². The van der Waals surface area contributed by atoms with Gasteiger partial charge in [0.05, 0.1) is 10.7 Å². The van der Waals surface area contributed by atoms with Crippen molar-refractivity contribution in [3.8, 4) is 0 Å². The molecule has 1 heterocycles. The zero-order chi connectivity index (χ0) is 15.2. The highest BCUT2D eigenvalue weighted by Gasteiger charge is 2.12. The van der Waals surface area contributed by atoms with Crippen LogP contribution in [0, 0.1) is 11.6 Å². The summed E-state index contributed by atoms with van der Waals surface area (Å²) >= 11 is 1.61. The molecule has 0 spiro atoms. The average Bonchev–Trinajstić information content (AvgIpc) is 2.84. The van der Waals surface area contributed by atoms with E-state index in [1.807, 2.05) is 0 Å². The molecular weight excluding hydrogens is 290 g/mol. The van der Waals surface area contributed by atoms with Crippen LogP contribution in [0.4, 0.5) is 8.78 Å². The Bertz CT molecular complexity index is 596. The smallest absolute Gasteiger partial charge is 0.129 e. The zero-order valence-electron chi connectivity index (χ0n) is 12.4. The quantitative estimate of drug-likeness (QED) is 0.780. The Labute approximate surface area is 128 Å². The van der Waals surface area contributed by atoms with Gasteiger partial charge >= 0.3 is 0 Å². The minimum Gasteiger partial charge on any atom is -0.312 e. The Hall–Kier alpha value is -1.33. The van der Waals surface area contributed by atoms with Gasteiger partial charge in [0.1, 0.15) is 11.6 Å². The van der Waals surface area contributed by atoms with Gasteiger partial charge in [-0.2, -0.15) is 0 Å². The fourth-order valence-electron chi connectivity index (χ4n) is 2.13. The third-order valence-electron chi connectivity index (χ3n) is 3.23. The molecule has 1 aromatic carbocycles. The van der Waals surface area contributed by atoms with Crippen LogP contribution in [-0.2, 0) is 19.4 Å². The molecule has 0 saturated carbocycles. The summed E-state index contributed by atoms with van der Waals surface area (Å²) in [6.45, 7) is 5.98. The van der Waals surface area contributed by atoms with Crippen molar-refractivity contribution in [3.05, 3.63) is 51.0 Å². The van der Waals surface area contributed by atoms with Gasteiger partial charge in [-0.3, -0.25) is 0 Å². The van der Waals surface area contributed by atoms with Crippen molar-refractivity contribution in [3.63, 3.8) is 0 Å². The first-order valence-electron chi connectivity index (χ1n) is 7.26. The molecule has 0 atom stereocenters. The van der Waals surface area contributed by atoms with Crippen molar-refractivity contribution < 1.29 is 8.78 Å². The number of benzene rings is 1. The zero-order valence-corrected chi connectivity index (χ0v) is 13.2. The minimum atomic E-state index is -0.547. The maximum Gasteiger partial charge on any atom is 0.129 e. The van der Waals surface area contributed by atoms with Crippen LogP contribution >= 0.6 is 11.3 Å². The van der Waals surface area contributed by atoms with E-state index in [4.69, 9.17) is 0 Å². The molecule has 0 aliphatic rings. The van der Waals surface area contributed by atoms with Gasteiger partial charge in [0.25, 0.3) is 0 Å². The lowest BCUT2D eigenvalue weighted by atomic mass is 10.1. The second-order valence-corrected chi connectivity index (χ2v) is 6.09. The lowest BCUT2D eigenvalue weighted by Gasteiger charge is -2.01. The van der Waals surface area contributed by atoms with Gasteiger partial charge < -0.3 is 5.32 Å². The Balaban J connectivity index is 2.12. The number of aryl methyl sites for hydroxylation is 1. The summed E-state index contributed by atoms with van der Waals surface area (Å²) in [6, 6.07) is 3.70. The molecule has 0 saturated heterocycles. The first kappa shape index (κ1) is 16.0. The van der Waals surface area contributed by atoms with Crippen molar-refractivity contribution in [2.45, 2.75) is 39.7 Å². The maximum atomic E-state index is 13.7. The number of hydrogen-bond donors (Lipinski definition) is 1. The number of aromatic nitrogens is 1. The van der Waals surface area contributed by atoms with E-state index in [1.165, 1.54) is 17.0 Å². The minimum absolute atomic E-state index is 0.414. The van der Waals surface area contributed by atoms with Gasteiger partial charge in [-0.15, -0.1) is 11.3 Å². The number of thiazole rings is 1. The van der Waals surface area contributed by atoms with E-state index in [9.17, 15) is 8.78 Å². The Kier molecular flexibility index (Phi) is 5.82. The summed E-state index contributed by atoms with van der Waals surface area (Å²) in [6.07, 6.45) is 2.37. The normalized spacial score (nSPS) is 11.0. The van der Waals surface area contributed by atoms with Crippen molar-refractivity contribution in [1.29, 1.82) is 0 Å². The van der Waals surface area contributed by atoms with Gasteiger partial charge in [-0.25, -0.2) is 13.8 Å². The average molecular weight is 310 g/mol. The van der Waals surface area contributed by atoms with E-state index < -0.39 is 11.6 Å². The van der Waals surface area contributed by atoms with E-state index in [0.717, 1.165) is 42.7 Å². The van der Waals surface area contributed by atoms with E-state index in [-0.39, 0.29) is 0 Å². The lowest BCUT2D eigenvalue weighted by Crippen LogP contribution is -2.13. The molecule has 0 fully saturated rings. The standard InChI is InChI=1S/C16H20F2N2S/c1-3-7-19-10-15-14(4-2)20-16(21-15)8-11-5-6-12(17)9-13(11)18/h5-6,9,19H,3-4,7-8,10H2,1-2H3. The molecule has 5 heteroatoms. The fourth-order valence-corrected chi connectivity index (χ4v) is 3.28. The summed E-state index contributed by atoms with van der Waals surface area (Å²) in [5, 5.41) is 4.25. The van der Waals surface area contributed by atoms with Crippen molar-refractivity contribution >= 4 is 11.3 Å². The van der Waals surface area contributed by atoms with Gasteiger partial charge in [-0.05, 0) is 31.0 Å². The Morgan fingerprint density at radius 1 is 1.24 bits per heavy atom. The topological polar surface area (TPSA) is 24.9 Å². The molecule has 0 amide bonds. The molecule has 0 bridgehead atoms. The molecule has 0 aliphatic heterocycles. The molecule has 2 nitrogen and oxygen atoms in total. The summed E-state index contributed by atoms with van der Waals surface area (Å²) in [4.78, 5) is 5.80. The third-order valence-corrected chi connectivity index (χ3v) is 4.32. The highest BCUT2D eigenvalue weighted by Crippen LogP contribution is 2.23. The molecule has 2 rings (SSSR count). The molecule has 0 unspecified atom stereocenters. The van der Waals surface area contributed by atoms with E-state index >= 15 is 0 Å². The second kappa shape index (κ2) is 7.61. The number of rotatable bonds is 7. The van der Waals surface area contributed by atoms with Gasteiger partial charge in [0, 0.05) is 23.9 Å². The summed E-state index contributed by atoms with van der Waals surface area (Å²) in [5.41, 5.74) is 1.56. The predicted octanol–water partition coefficient (Wildman–Crippen LogP) is 4.07. The predicted molar refractivity (Wildman–Crippen MR) is 82.7 cm³/mol. The van der Waals surface area contributed by atoms with Crippen LogP contribution in [0.2, 0.25) is 0 Å². The van der Waals surface area contributed by atoms with Gasteiger partial charge in [0.2, 0.25) is 0 Å². The highest BCUT2D eigenvalue weighted by molar-refractivity contribution is 7.11. The second-order valence-electron chi connectivity index (χ2n) is 4.92. The molecular formula is C16H20F2N2S. The van der Waals surface area contributed by atoms with Gasteiger partial charge in [0.15, 0.2) is 0 Å². The monoisotopic (exact) mass is 310 g/mol. The van der Waals surface area contributed by atoms with Crippen LogP contribution in [0.3, 0.4) is 0 Å². The number of nitrogens with one attached hydrogen (secondary N) is 1. The Morgan fingerprint density at radius 2 is 2.05 bits per heavy atom. The molecule has 0 radical (unpaired) electrons. The summed E-state index contributed by atoms with van der Waals surface area (Å²) in [7, 11) is 0. The first-order chi connectivity index (χ1) is 10.1. The molecule has 0 aliphatic carbocycles. The van der Waals surface area contributed by atoms with Crippen molar-refractivity contribution in [2.75, 3.05) is 6.54 Å². The number of nitrogens with zero attached hydrogens (tertiary/aromatic N) is 1. The van der Waals surface area contributed by atoms with Crippen LogP contribution in [0.1, 0.15) is 41.4 Å². The van der Waals surface area contributed by atoms with Crippen molar-refractivity contribution in [2.24, 2.45) is 0 Å². The Morgan fingerprint density at radius 3 is 2.71 bits per heavy atom. The number of hydrogen-bond acceptors (Lipinski definition) is 3. The van der Waals surface area contributed by atoms with Crippen LogP contribution in [0.15, 0.2) is 18.2 Å². The van der Waals surface area contributed by atoms with E-state index in [1.54, 1.807) is 11.3 Å². The number of halogens is 2. The largest absolute Gasteiger partial charge is 0.312 e. The third kappa shape index (κ3) is 4.32. The van der Waals surface area contributed by atoms with Gasteiger partial charge in [-0.1, -0.05) is 19.9 Å². The first-order valence-corrected chi connectivity index (χ1v) is 8.07. The maximum absolute atomic E-state index is 13.7. The van der Waals surface area contributed by atoms with E-state index in [0.29, 0.717) is 12.0 Å². The lowest BCUT2D eigenvalue weighted by molar-refractivity contribution is 0.574. The van der Waals surface area contributed by atoms with Crippen LogP contribution in [0.5, 0.6) is 0 Å². The molecule has 1 N–H and O–H groups in total.